The normalized spacial score (nSPS) is 8.10. The number of furan rings is 1. The molecule has 0 saturated heterocycles. The van der Waals surface area contributed by atoms with Crippen molar-refractivity contribution in [3.8, 4) is 0 Å². The molecule has 1 amide bonds. The molecule has 1 rings (SSSR count). The number of carbonyl (C=O) groups excluding carboxylic acids is 1. The molecule has 0 aliphatic carbocycles. The Morgan fingerprint density at radius 1 is 1.70 bits per heavy atom. The second kappa shape index (κ2) is 3.92. The predicted molar refractivity (Wildman–Crippen MR) is 37.6 cm³/mol. The lowest BCUT2D eigenvalue weighted by atomic mass is 10.4. The molecule has 3 N–H and O–H groups in total. The Morgan fingerprint density at radius 3 is 2.80 bits per heavy atom. The van der Waals surface area contributed by atoms with E-state index in [0.29, 0.717) is 0 Å². The Balaban J connectivity index is 0.000000810. The third-order valence-electron chi connectivity index (χ3n) is 0.876. The second-order valence-corrected chi connectivity index (χ2v) is 1.45. The fourth-order valence-corrected chi connectivity index (χ4v) is 0.479. The van der Waals surface area contributed by atoms with Gasteiger partial charge in [-0.05, 0) is 12.1 Å². The smallest absolute Gasteiger partial charge is 0.300 e. The lowest BCUT2D eigenvalue weighted by Gasteiger charge is -1.90. The van der Waals surface area contributed by atoms with Gasteiger partial charge in [0, 0.05) is 0 Å². The van der Waals surface area contributed by atoms with Gasteiger partial charge in [-0.2, -0.15) is 0 Å². The maximum Gasteiger partial charge on any atom is 0.300 e. The highest BCUT2D eigenvalue weighted by atomic mass is 35.5. The number of nitrogens with two attached hydrogens (primary N) is 1. The van der Waals surface area contributed by atoms with Gasteiger partial charge in [-0.15, -0.1) is 12.4 Å². The predicted octanol–water partition coefficient (Wildman–Crippen LogP) is 0.305. The largest absolute Gasteiger partial charge is 0.459 e. The molecule has 0 fully saturated rings. The minimum absolute atomic E-state index is 0. The highest BCUT2D eigenvalue weighted by molar-refractivity contribution is 5.90. The van der Waals surface area contributed by atoms with Gasteiger partial charge in [0.25, 0.3) is 0 Å². The van der Waals surface area contributed by atoms with E-state index in [4.69, 9.17) is 10.3 Å². The summed E-state index contributed by atoms with van der Waals surface area (Å²) in [5.41, 5.74) is 1.93. The van der Waals surface area contributed by atoms with Crippen LogP contribution in [0.4, 0.5) is 0 Å². The van der Waals surface area contributed by atoms with Crippen LogP contribution < -0.4 is 11.3 Å². The Bertz CT molecular complexity index is 197. The Labute approximate surface area is 63.8 Å². The van der Waals surface area contributed by atoms with Gasteiger partial charge in [-0.1, -0.05) is 0 Å². The molecule has 0 atom stereocenters. The number of amides is 1. The third-order valence-corrected chi connectivity index (χ3v) is 0.876. The van der Waals surface area contributed by atoms with E-state index in [0.717, 1.165) is 0 Å². The van der Waals surface area contributed by atoms with Gasteiger partial charge in [0.2, 0.25) is 0 Å². The van der Waals surface area contributed by atoms with Crippen LogP contribution in [0.25, 0.3) is 0 Å². The number of carbonyl (C=O) groups is 1. The molecule has 1 heterocycles. The first kappa shape index (κ1) is 9.00. The molecule has 0 aliphatic rings. The Kier molecular flexibility index (Phi) is 3.53. The highest BCUT2D eigenvalue weighted by Crippen LogP contribution is 1.97. The molecular formula is C5H7ClN2O2. The molecule has 0 unspecified atom stereocenters. The molecule has 4 nitrogen and oxygen atoms in total. The molecule has 0 aliphatic heterocycles. The van der Waals surface area contributed by atoms with Gasteiger partial charge in [0.1, 0.15) is 0 Å². The van der Waals surface area contributed by atoms with E-state index in [-0.39, 0.29) is 18.2 Å². The average Bonchev–Trinajstić information content (AvgIpc) is 2.37. The van der Waals surface area contributed by atoms with Gasteiger partial charge in [-0.3, -0.25) is 10.2 Å². The van der Waals surface area contributed by atoms with Crippen LogP contribution in [0.2, 0.25) is 0 Å². The number of halogens is 1. The number of nitrogens with one attached hydrogen (secondary N) is 1. The summed E-state index contributed by atoms with van der Waals surface area (Å²) in [5.74, 6) is 4.61. The number of nitrogen functional groups attached to an aromatic ring is 1. The van der Waals surface area contributed by atoms with Gasteiger partial charge in [-0.25, -0.2) is 5.84 Å². The quantitative estimate of drug-likeness (QED) is 0.355. The SMILES string of the molecule is Cl.NNC(=O)c1ccco1. The molecule has 0 saturated carbocycles. The summed E-state index contributed by atoms with van der Waals surface area (Å²) >= 11 is 0. The molecule has 56 valence electrons. The zero-order valence-corrected chi connectivity index (χ0v) is 5.85. The third kappa shape index (κ3) is 1.75. The topological polar surface area (TPSA) is 68.3 Å². The van der Waals surface area contributed by atoms with Crippen LogP contribution in [-0.4, -0.2) is 5.91 Å². The highest BCUT2D eigenvalue weighted by Gasteiger charge is 2.03. The minimum Gasteiger partial charge on any atom is -0.459 e. The van der Waals surface area contributed by atoms with E-state index in [9.17, 15) is 4.79 Å². The monoisotopic (exact) mass is 162 g/mol. The van der Waals surface area contributed by atoms with Crippen molar-refractivity contribution in [1.82, 2.24) is 5.43 Å². The maximum absolute atomic E-state index is 10.5. The van der Waals surface area contributed by atoms with E-state index >= 15 is 0 Å². The van der Waals surface area contributed by atoms with E-state index < -0.39 is 5.91 Å². The van der Waals surface area contributed by atoms with Gasteiger partial charge in [0.05, 0.1) is 6.26 Å². The molecular weight excluding hydrogens is 156 g/mol. The van der Waals surface area contributed by atoms with E-state index in [1.807, 2.05) is 5.43 Å². The molecule has 0 aromatic carbocycles. The molecule has 0 spiro atoms. The number of hydrogen-bond donors (Lipinski definition) is 2. The van der Waals surface area contributed by atoms with Crippen LogP contribution in [0.1, 0.15) is 10.6 Å². The number of hydrogen-bond acceptors (Lipinski definition) is 3. The van der Waals surface area contributed by atoms with Crippen molar-refractivity contribution in [2.45, 2.75) is 0 Å². The van der Waals surface area contributed by atoms with Crippen molar-refractivity contribution in [2.24, 2.45) is 5.84 Å². The van der Waals surface area contributed by atoms with Crippen molar-refractivity contribution in [3.63, 3.8) is 0 Å². The van der Waals surface area contributed by atoms with Crippen LogP contribution in [0.5, 0.6) is 0 Å². The van der Waals surface area contributed by atoms with Crippen LogP contribution in [0, 0.1) is 0 Å². The van der Waals surface area contributed by atoms with E-state index in [1.165, 1.54) is 12.3 Å². The van der Waals surface area contributed by atoms with Crippen LogP contribution >= 0.6 is 12.4 Å². The van der Waals surface area contributed by atoms with Gasteiger partial charge in [0.15, 0.2) is 5.76 Å². The van der Waals surface area contributed by atoms with Crippen molar-refractivity contribution in [1.29, 1.82) is 0 Å². The molecule has 10 heavy (non-hydrogen) atoms. The zero-order chi connectivity index (χ0) is 6.69. The van der Waals surface area contributed by atoms with E-state index in [2.05, 4.69) is 0 Å². The fourth-order valence-electron chi connectivity index (χ4n) is 0.479. The van der Waals surface area contributed by atoms with Crippen molar-refractivity contribution in [3.05, 3.63) is 24.2 Å². The summed E-state index contributed by atoms with van der Waals surface area (Å²) in [5, 5.41) is 0. The summed E-state index contributed by atoms with van der Waals surface area (Å²) in [4.78, 5) is 10.5. The summed E-state index contributed by atoms with van der Waals surface area (Å²) in [6.45, 7) is 0. The fraction of sp³-hybridized carbons (Fsp3) is 0. The van der Waals surface area contributed by atoms with Crippen LogP contribution in [-0.2, 0) is 0 Å². The lowest BCUT2D eigenvalue weighted by Crippen LogP contribution is -2.29. The standard InChI is InChI=1S/C5H6N2O2.ClH/c6-7-5(8)4-2-1-3-9-4;/h1-3H,6H2,(H,7,8);1H. The number of rotatable bonds is 1. The molecule has 0 bridgehead atoms. The van der Waals surface area contributed by atoms with Crippen LogP contribution in [0.15, 0.2) is 22.8 Å². The first-order valence-electron chi connectivity index (χ1n) is 2.39. The second-order valence-electron chi connectivity index (χ2n) is 1.45. The first-order valence-corrected chi connectivity index (χ1v) is 2.39. The molecule has 1 aromatic rings. The first-order chi connectivity index (χ1) is 4.34. The summed E-state index contributed by atoms with van der Waals surface area (Å²) in [6.07, 6.45) is 1.41. The zero-order valence-electron chi connectivity index (χ0n) is 5.03. The molecule has 1 aromatic heterocycles. The lowest BCUT2D eigenvalue weighted by molar-refractivity contribution is 0.0926. The number of hydrazine groups is 1. The molecule has 5 heteroatoms. The van der Waals surface area contributed by atoms with Gasteiger partial charge >= 0.3 is 5.91 Å². The van der Waals surface area contributed by atoms with Gasteiger partial charge < -0.3 is 4.42 Å². The van der Waals surface area contributed by atoms with Crippen molar-refractivity contribution >= 4 is 18.3 Å². The van der Waals surface area contributed by atoms with E-state index in [1.54, 1.807) is 6.07 Å². The van der Waals surface area contributed by atoms with Crippen molar-refractivity contribution in [2.75, 3.05) is 0 Å². The van der Waals surface area contributed by atoms with Crippen LogP contribution in [0.3, 0.4) is 0 Å². The Morgan fingerprint density at radius 2 is 2.40 bits per heavy atom. The average molecular weight is 163 g/mol. The minimum atomic E-state index is -0.417. The van der Waals surface area contributed by atoms with Crippen molar-refractivity contribution < 1.29 is 9.21 Å². The molecule has 0 radical (unpaired) electrons. The summed E-state index contributed by atoms with van der Waals surface area (Å²) in [7, 11) is 0. The maximum atomic E-state index is 10.5. The summed E-state index contributed by atoms with van der Waals surface area (Å²) in [6, 6.07) is 3.15. The Hall–Kier alpha value is -1.00. The summed E-state index contributed by atoms with van der Waals surface area (Å²) < 4.78 is 4.69.